The van der Waals surface area contributed by atoms with Gasteiger partial charge in [-0.25, -0.2) is 4.79 Å². The molecule has 0 saturated carbocycles. The lowest BCUT2D eigenvalue weighted by atomic mass is 9.98. The number of ether oxygens (including phenoxy) is 5. The van der Waals surface area contributed by atoms with E-state index >= 15 is 0 Å². The summed E-state index contributed by atoms with van der Waals surface area (Å²) in [6.07, 6.45) is 57.4. The quantitative estimate of drug-likeness (QED) is 0.0228. The van der Waals surface area contributed by atoms with Crippen molar-refractivity contribution in [3.05, 3.63) is 134 Å². The van der Waals surface area contributed by atoms with E-state index in [2.05, 4.69) is 142 Å². The minimum absolute atomic E-state index is 0.0301. The molecule has 0 aliphatic carbocycles. The molecule has 0 radical (unpaired) electrons. The van der Waals surface area contributed by atoms with Crippen molar-refractivity contribution < 1.29 is 58.2 Å². The van der Waals surface area contributed by atoms with Gasteiger partial charge in [-0.1, -0.05) is 187 Å². The first-order chi connectivity index (χ1) is 36.6. The zero-order chi connectivity index (χ0) is 54.7. The first kappa shape index (κ1) is 67.9. The minimum Gasteiger partial charge on any atom is -0.479 e. The average molecular weight is 1050 g/mol. The van der Waals surface area contributed by atoms with Crippen LogP contribution in [0.1, 0.15) is 188 Å². The highest BCUT2D eigenvalue weighted by Crippen LogP contribution is 2.26. The Hall–Kier alpha value is -5.14. The van der Waals surface area contributed by atoms with Gasteiger partial charge in [0.2, 0.25) is 0 Å². The van der Waals surface area contributed by atoms with Crippen LogP contribution in [0.4, 0.5) is 0 Å². The van der Waals surface area contributed by atoms with Crippen LogP contribution in [-0.4, -0.2) is 89.2 Å². The Morgan fingerprint density at radius 2 is 0.867 bits per heavy atom. The number of esters is 3. The molecule has 1 saturated heterocycles. The number of aliphatic hydroxyl groups excluding tert-OH is 2. The molecule has 1 aliphatic heterocycles. The van der Waals surface area contributed by atoms with E-state index in [1.807, 2.05) is 12.2 Å². The Labute approximate surface area is 451 Å². The molecule has 12 heteroatoms. The van der Waals surface area contributed by atoms with E-state index in [1.165, 1.54) is 12.8 Å². The summed E-state index contributed by atoms with van der Waals surface area (Å²) in [6, 6.07) is 0. The number of carboxylic acid groups (broad SMARTS) is 1. The summed E-state index contributed by atoms with van der Waals surface area (Å²) in [5.74, 6) is -3.33. The molecule has 0 spiro atoms. The summed E-state index contributed by atoms with van der Waals surface area (Å²) in [6.45, 7) is 5.58. The molecule has 0 aromatic carbocycles. The fourth-order valence-electron chi connectivity index (χ4n) is 7.42. The molecule has 1 aliphatic rings. The summed E-state index contributed by atoms with van der Waals surface area (Å²) < 4.78 is 28.2. The molecule has 1 fully saturated rings. The molecule has 1 heterocycles. The van der Waals surface area contributed by atoms with Crippen LogP contribution in [0.15, 0.2) is 134 Å². The van der Waals surface area contributed by atoms with E-state index in [4.69, 9.17) is 23.7 Å². The molecule has 75 heavy (non-hydrogen) atoms. The molecular formula is C63H96O12. The maximum absolute atomic E-state index is 13.1. The number of carbonyl (C=O) groups is 4. The molecular weight excluding hydrogens is 949 g/mol. The number of aliphatic carboxylic acids is 1. The highest BCUT2D eigenvalue weighted by molar-refractivity contribution is 5.74. The van der Waals surface area contributed by atoms with Crippen LogP contribution >= 0.6 is 0 Å². The van der Waals surface area contributed by atoms with E-state index < -0.39 is 67.3 Å². The van der Waals surface area contributed by atoms with Crippen molar-refractivity contribution in [1.82, 2.24) is 0 Å². The van der Waals surface area contributed by atoms with Gasteiger partial charge in [0.15, 0.2) is 24.6 Å². The lowest BCUT2D eigenvalue weighted by molar-refractivity contribution is -0.301. The highest BCUT2D eigenvalue weighted by atomic mass is 16.7. The molecule has 420 valence electrons. The predicted molar refractivity (Wildman–Crippen MR) is 303 cm³/mol. The lowest BCUT2D eigenvalue weighted by Crippen LogP contribution is -2.61. The van der Waals surface area contributed by atoms with Gasteiger partial charge >= 0.3 is 23.9 Å². The van der Waals surface area contributed by atoms with Crippen molar-refractivity contribution >= 4 is 23.9 Å². The standard InChI is InChI=1S/C63H96O12/c1-4-7-10-13-16-19-22-24-26-27-28-29-31-32-35-37-40-43-46-49-55(64)71-52-54(73-56(65)50-47-44-41-39-36-33-30-25-23-20-17-14-11-8-5-2)53-72-63-61(59(68)58(67)60(75-63)62(69)70)74-57(66)51-48-45-42-38-34-21-18-15-12-9-6-3/h7-8,10-11,15-20,24-26,28-30,32,35-36,39-40,43,54,58-61,63,67-68H,4-6,9,12-14,21-23,27,31,33-34,37-38,41-42,44-53H2,1-3H3,(H,69,70)/b10-7-,11-8-,18-15-,19-16-,20-17-,26-24-,29-28-,30-25-,35-32-,39-36-,43-40-. The van der Waals surface area contributed by atoms with Crippen molar-refractivity contribution in [3.63, 3.8) is 0 Å². The smallest absolute Gasteiger partial charge is 0.335 e. The number of unbranched alkanes of at least 4 members (excludes halogenated alkanes) is 9. The summed E-state index contributed by atoms with van der Waals surface area (Å²) in [4.78, 5) is 51.0. The fraction of sp³-hybridized carbons (Fsp3) is 0.587. The summed E-state index contributed by atoms with van der Waals surface area (Å²) in [5.41, 5.74) is 0. The van der Waals surface area contributed by atoms with E-state index in [1.54, 1.807) is 0 Å². The topological polar surface area (TPSA) is 175 Å². The number of carbonyl (C=O) groups excluding carboxylic acids is 3. The van der Waals surface area contributed by atoms with Gasteiger partial charge in [-0.3, -0.25) is 14.4 Å². The number of carboxylic acids is 1. The zero-order valence-corrected chi connectivity index (χ0v) is 46.0. The average Bonchev–Trinajstić information content (AvgIpc) is 3.39. The van der Waals surface area contributed by atoms with Gasteiger partial charge in [0.1, 0.15) is 18.8 Å². The molecule has 6 unspecified atom stereocenters. The van der Waals surface area contributed by atoms with Crippen molar-refractivity contribution in [1.29, 1.82) is 0 Å². The van der Waals surface area contributed by atoms with Crippen molar-refractivity contribution in [2.24, 2.45) is 0 Å². The molecule has 0 aromatic heterocycles. The van der Waals surface area contributed by atoms with Crippen LogP contribution < -0.4 is 0 Å². The van der Waals surface area contributed by atoms with Crippen LogP contribution in [0.25, 0.3) is 0 Å². The van der Waals surface area contributed by atoms with E-state index in [0.717, 1.165) is 109 Å². The second-order valence-electron chi connectivity index (χ2n) is 18.4. The van der Waals surface area contributed by atoms with E-state index in [9.17, 15) is 34.5 Å². The minimum atomic E-state index is -1.93. The van der Waals surface area contributed by atoms with Gasteiger partial charge < -0.3 is 39.0 Å². The van der Waals surface area contributed by atoms with Gasteiger partial charge in [0, 0.05) is 19.3 Å². The number of aliphatic hydroxyl groups is 2. The predicted octanol–water partition coefficient (Wildman–Crippen LogP) is 14.2. The maximum Gasteiger partial charge on any atom is 0.335 e. The third kappa shape index (κ3) is 39.9. The third-order valence-electron chi connectivity index (χ3n) is 11.7. The molecule has 3 N–H and O–H groups in total. The second-order valence-corrected chi connectivity index (χ2v) is 18.4. The third-order valence-corrected chi connectivity index (χ3v) is 11.7. The molecule has 0 amide bonds. The van der Waals surface area contributed by atoms with Gasteiger partial charge in [-0.15, -0.1) is 0 Å². The van der Waals surface area contributed by atoms with Gasteiger partial charge in [0.25, 0.3) is 0 Å². The number of hydrogen-bond donors (Lipinski definition) is 3. The Morgan fingerprint density at radius 1 is 0.453 bits per heavy atom. The van der Waals surface area contributed by atoms with Crippen LogP contribution in [0, 0.1) is 0 Å². The first-order valence-corrected chi connectivity index (χ1v) is 28.2. The monoisotopic (exact) mass is 1040 g/mol. The number of allylic oxidation sites excluding steroid dienone is 22. The Morgan fingerprint density at radius 3 is 1.37 bits per heavy atom. The SMILES string of the molecule is CC/C=C\C/C=C\C/C=C\C/C=C\C/C=C\C/C=C\CCC(=O)OCC(COC1OC(C(=O)O)C(O)C(O)C1OC(=O)CCCCCCC/C=C\CCCC)OC(=O)CCCC/C=C\C/C=C\C/C=C\C/C=C\CC. The normalized spacial score (nSPS) is 19.2. The molecule has 1 rings (SSSR count). The van der Waals surface area contributed by atoms with Crippen LogP contribution in [0.2, 0.25) is 0 Å². The lowest BCUT2D eigenvalue weighted by Gasteiger charge is -2.40. The highest BCUT2D eigenvalue weighted by Gasteiger charge is 2.50. The second kappa shape index (κ2) is 49.7. The van der Waals surface area contributed by atoms with Crippen LogP contribution in [0.5, 0.6) is 0 Å². The summed E-state index contributed by atoms with van der Waals surface area (Å²) >= 11 is 0. The molecule has 0 aromatic rings. The Kier molecular flexibility index (Phi) is 45.0. The van der Waals surface area contributed by atoms with Gasteiger partial charge in [-0.05, 0) is 116 Å². The van der Waals surface area contributed by atoms with Crippen molar-refractivity contribution in [2.75, 3.05) is 13.2 Å². The largest absolute Gasteiger partial charge is 0.479 e. The van der Waals surface area contributed by atoms with Gasteiger partial charge in [0.05, 0.1) is 6.61 Å². The number of rotatable bonds is 45. The van der Waals surface area contributed by atoms with Crippen LogP contribution in [0.3, 0.4) is 0 Å². The van der Waals surface area contributed by atoms with Crippen molar-refractivity contribution in [2.45, 2.75) is 225 Å². The summed E-state index contributed by atoms with van der Waals surface area (Å²) in [5, 5.41) is 31.4. The maximum atomic E-state index is 13.1. The van der Waals surface area contributed by atoms with Gasteiger partial charge in [-0.2, -0.15) is 0 Å². The number of hydrogen-bond acceptors (Lipinski definition) is 11. The zero-order valence-electron chi connectivity index (χ0n) is 46.0. The fourth-order valence-corrected chi connectivity index (χ4v) is 7.42. The Balaban J connectivity index is 2.79. The molecule has 12 nitrogen and oxygen atoms in total. The summed E-state index contributed by atoms with van der Waals surface area (Å²) in [7, 11) is 0. The first-order valence-electron chi connectivity index (χ1n) is 28.2. The van der Waals surface area contributed by atoms with E-state index in [0.29, 0.717) is 25.7 Å². The van der Waals surface area contributed by atoms with Crippen LogP contribution in [-0.2, 0) is 42.9 Å². The van der Waals surface area contributed by atoms with Crippen molar-refractivity contribution in [3.8, 4) is 0 Å². The molecule has 0 bridgehead atoms. The Bertz CT molecular complexity index is 1810. The van der Waals surface area contributed by atoms with E-state index in [-0.39, 0.29) is 25.9 Å². The molecule has 6 atom stereocenters.